The molecule has 3 N–H and O–H groups in total. The minimum Gasteiger partial charge on any atom is -0.483 e. The highest BCUT2D eigenvalue weighted by Gasteiger charge is 2.21. The van der Waals surface area contributed by atoms with Gasteiger partial charge in [-0.1, -0.05) is 34.5 Å². The van der Waals surface area contributed by atoms with Gasteiger partial charge in [0.2, 0.25) is 0 Å². The van der Waals surface area contributed by atoms with Crippen LogP contribution in [-0.2, 0) is 0 Å². The number of nitrogens with zero attached hydrogens (tertiary/aromatic N) is 2. The van der Waals surface area contributed by atoms with E-state index < -0.39 is 29.9 Å². The maximum atomic E-state index is 14.6. The highest BCUT2D eigenvalue weighted by molar-refractivity contribution is 7.22. The Balaban J connectivity index is 1.71. The fourth-order valence-electron chi connectivity index (χ4n) is 2.81. The maximum absolute atomic E-state index is 14.6. The monoisotopic (exact) mass is 518 g/mol. The minimum absolute atomic E-state index is 0.0925. The predicted molar refractivity (Wildman–Crippen MR) is 123 cm³/mol. The van der Waals surface area contributed by atoms with Gasteiger partial charge in [-0.25, -0.2) is 23.4 Å². The molecule has 3 amide bonds. The summed E-state index contributed by atoms with van der Waals surface area (Å²) in [5.41, 5.74) is 0.481. The molecule has 0 bridgehead atoms. The Labute approximate surface area is 201 Å². The second-order valence-electron chi connectivity index (χ2n) is 6.87. The first-order valence-electron chi connectivity index (χ1n) is 9.46. The first-order valence-corrected chi connectivity index (χ1v) is 11.0. The number of carbonyl (C=O) groups excluding carboxylic acids is 1. The van der Waals surface area contributed by atoms with Crippen molar-refractivity contribution in [3.05, 3.63) is 51.5 Å². The molecule has 13 heteroatoms. The van der Waals surface area contributed by atoms with Crippen LogP contribution in [0.1, 0.15) is 18.6 Å². The SMILES string of the molecule is CC(Oc1cc2sc(NC(=O)NCCN(C)C(=O)O)nc2cc1F)c1c(Cl)ccc(F)c1Cl. The summed E-state index contributed by atoms with van der Waals surface area (Å²) in [5, 5.41) is 14.0. The number of fused-ring (bicyclic) bond motifs is 1. The fourth-order valence-corrected chi connectivity index (χ4v) is 4.36. The number of carboxylic acid groups (broad SMARTS) is 1. The lowest BCUT2D eigenvalue weighted by Crippen LogP contribution is -2.37. The van der Waals surface area contributed by atoms with Crippen LogP contribution < -0.4 is 15.4 Å². The summed E-state index contributed by atoms with van der Waals surface area (Å²) in [6.45, 7) is 1.75. The molecule has 0 radical (unpaired) electrons. The number of anilines is 1. The summed E-state index contributed by atoms with van der Waals surface area (Å²) in [4.78, 5) is 27.9. The minimum atomic E-state index is -1.11. The number of hydrogen-bond donors (Lipinski definition) is 3. The van der Waals surface area contributed by atoms with Crippen molar-refractivity contribution in [3.8, 4) is 5.75 Å². The largest absolute Gasteiger partial charge is 0.483 e. The van der Waals surface area contributed by atoms with E-state index in [1.54, 1.807) is 6.92 Å². The lowest BCUT2D eigenvalue weighted by molar-refractivity contribution is 0.156. The quantitative estimate of drug-likeness (QED) is 0.345. The van der Waals surface area contributed by atoms with E-state index in [4.69, 9.17) is 33.0 Å². The molecule has 1 heterocycles. The Morgan fingerprint density at radius 1 is 1.27 bits per heavy atom. The van der Waals surface area contributed by atoms with Crippen LogP contribution in [0.3, 0.4) is 0 Å². The van der Waals surface area contributed by atoms with Crippen LogP contribution in [0.5, 0.6) is 5.75 Å². The van der Waals surface area contributed by atoms with Gasteiger partial charge in [-0.3, -0.25) is 5.32 Å². The number of hydrogen-bond acceptors (Lipinski definition) is 5. The van der Waals surface area contributed by atoms with E-state index in [2.05, 4.69) is 15.6 Å². The van der Waals surface area contributed by atoms with Crippen LogP contribution in [0, 0.1) is 11.6 Å². The number of nitrogens with one attached hydrogen (secondary N) is 2. The zero-order chi connectivity index (χ0) is 24.3. The molecular weight excluding hydrogens is 501 g/mol. The molecule has 8 nitrogen and oxygen atoms in total. The van der Waals surface area contributed by atoms with Crippen LogP contribution in [-0.4, -0.2) is 47.3 Å². The second kappa shape index (κ2) is 10.4. The van der Waals surface area contributed by atoms with E-state index in [1.807, 2.05) is 0 Å². The van der Waals surface area contributed by atoms with Crippen molar-refractivity contribution < 1.29 is 28.2 Å². The third-order valence-electron chi connectivity index (χ3n) is 4.51. The van der Waals surface area contributed by atoms with E-state index in [-0.39, 0.29) is 39.6 Å². The Morgan fingerprint density at radius 3 is 2.70 bits per heavy atom. The topological polar surface area (TPSA) is 104 Å². The van der Waals surface area contributed by atoms with Gasteiger partial charge in [0.05, 0.1) is 15.2 Å². The molecule has 2 aromatic carbocycles. The van der Waals surface area contributed by atoms with Crippen molar-refractivity contribution in [3.63, 3.8) is 0 Å². The number of carbonyl (C=O) groups is 2. The number of amides is 3. The number of halogens is 4. The van der Waals surface area contributed by atoms with Gasteiger partial charge in [0.1, 0.15) is 11.9 Å². The smallest absolute Gasteiger partial charge is 0.407 e. The molecule has 33 heavy (non-hydrogen) atoms. The van der Waals surface area contributed by atoms with Gasteiger partial charge in [0.15, 0.2) is 16.7 Å². The van der Waals surface area contributed by atoms with Gasteiger partial charge in [-0.2, -0.15) is 0 Å². The molecule has 0 saturated heterocycles. The summed E-state index contributed by atoms with van der Waals surface area (Å²) in [7, 11) is 1.38. The Kier molecular flexibility index (Phi) is 7.77. The predicted octanol–water partition coefficient (Wildman–Crippen LogP) is 5.75. The molecule has 176 valence electrons. The summed E-state index contributed by atoms with van der Waals surface area (Å²) in [6.07, 6.45) is -1.97. The molecule has 1 atom stereocenters. The van der Waals surface area contributed by atoms with Crippen LogP contribution >= 0.6 is 34.5 Å². The third kappa shape index (κ3) is 5.92. The molecule has 3 rings (SSSR count). The zero-order valence-electron chi connectivity index (χ0n) is 17.3. The van der Waals surface area contributed by atoms with Crippen molar-refractivity contribution >= 4 is 62.0 Å². The third-order valence-corrected chi connectivity index (χ3v) is 6.16. The normalized spacial score (nSPS) is 11.8. The van der Waals surface area contributed by atoms with Gasteiger partial charge in [0.25, 0.3) is 0 Å². The molecular formula is C20H18Cl2F2N4O4S. The van der Waals surface area contributed by atoms with Crippen LogP contribution in [0.4, 0.5) is 23.5 Å². The average molecular weight is 519 g/mol. The van der Waals surface area contributed by atoms with E-state index in [0.717, 1.165) is 28.4 Å². The first kappa shape index (κ1) is 24.7. The lowest BCUT2D eigenvalue weighted by atomic mass is 10.1. The van der Waals surface area contributed by atoms with E-state index >= 15 is 0 Å². The van der Waals surface area contributed by atoms with Gasteiger partial charge in [-0.15, -0.1) is 0 Å². The molecule has 0 aliphatic carbocycles. The number of thiazole rings is 1. The molecule has 0 aliphatic rings. The van der Waals surface area contributed by atoms with E-state index in [0.29, 0.717) is 10.2 Å². The van der Waals surface area contributed by atoms with Crippen molar-refractivity contribution in [1.29, 1.82) is 0 Å². The average Bonchev–Trinajstić information content (AvgIpc) is 3.11. The highest BCUT2D eigenvalue weighted by Crippen LogP contribution is 2.37. The Morgan fingerprint density at radius 2 is 2.00 bits per heavy atom. The number of benzene rings is 2. The number of aromatic nitrogens is 1. The van der Waals surface area contributed by atoms with Gasteiger partial charge in [-0.05, 0) is 19.1 Å². The first-order chi connectivity index (χ1) is 15.6. The molecule has 3 aromatic rings. The lowest BCUT2D eigenvalue weighted by Gasteiger charge is -2.18. The molecule has 0 fully saturated rings. The fraction of sp³-hybridized carbons (Fsp3) is 0.250. The Hall–Kier alpha value is -2.89. The van der Waals surface area contributed by atoms with Gasteiger partial charge < -0.3 is 20.1 Å². The summed E-state index contributed by atoms with van der Waals surface area (Å²) >= 11 is 13.2. The summed E-state index contributed by atoms with van der Waals surface area (Å²) < 4.78 is 34.6. The number of rotatable bonds is 7. The molecule has 0 spiro atoms. The van der Waals surface area contributed by atoms with E-state index in [9.17, 15) is 18.4 Å². The van der Waals surface area contributed by atoms with Gasteiger partial charge in [0, 0.05) is 42.9 Å². The molecule has 1 aromatic heterocycles. The number of ether oxygens (including phenoxy) is 1. The molecule has 0 aliphatic heterocycles. The standard InChI is InChI=1S/C20H18Cl2F2N4O4S/c1-9(16-10(21)3-4-11(23)17(16)22)32-14-8-15-13(7-12(14)24)26-19(33-15)27-18(29)25-5-6-28(2)20(30)31/h3-4,7-9H,5-6H2,1-2H3,(H,30,31)(H2,25,26,27,29). The van der Waals surface area contributed by atoms with Gasteiger partial charge >= 0.3 is 12.1 Å². The number of urea groups is 1. The van der Waals surface area contributed by atoms with E-state index in [1.165, 1.54) is 19.2 Å². The van der Waals surface area contributed by atoms with Crippen LogP contribution in [0.25, 0.3) is 10.2 Å². The van der Waals surface area contributed by atoms with Crippen molar-refractivity contribution in [2.75, 3.05) is 25.5 Å². The second-order valence-corrected chi connectivity index (χ2v) is 8.69. The molecule has 0 saturated carbocycles. The number of likely N-dealkylation sites (N-methyl/N-ethyl adjacent to an activating group) is 1. The maximum Gasteiger partial charge on any atom is 0.407 e. The van der Waals surface area contributed by atoms with Crippen molar-refractivity contribution in [1.82, 2.24) is 15.2 Å². The zero-order valence-corrected chi connectivity index (χ0v) is 19.6. The Bertz CT molecular complexity index is 1210. The van der Waals surface area contributed by atoms with Crippen molar-refractivity contribution in [2.45, 2.75) is 13.0 Å². The van der Waals surface area contributed by atoms with Crippen LogP contribution in [0.15, 0.2) is 24.3 Å². The highest BCUT2D eigenvalue weighted by atomic mass is 35.5. The summed E-state index contributed by atoms with van der Waals surface area (Å²) in [6, 6.07) is 4.43. The molecule has 1 unspecified atom stereocenters. The summed E-state index contributed by atoms with van der Waals surface area (Å²) in [5.74, 6) is -1.51. The van der Waals surface area contributed by atoms with Crippen LogP contribution in [0.2, 0.25) is 10.0 Å². The van der Waals surface area contributed by atoms with Crippen molar-refractivity contribution in [2.24, 2.45) is 0 Å².